The summed E-state index contributed by atoms with van der Waals surface area (Å²) in [6.07, 6.45) is 1.86. The van der Waals surface area contributed by atoms with Crippen molar-refractivity contribution in [3.63, 3.8) is 0 Å². The summed E-state index contributed by atoms with van der Waals surface area (Å²) in [6.45, 7) is 7.30. The van der Waals surface area contributed by atoms with Crippen molar-refractivity contribution < 1.29 is 9.59 Å². The number of carbonyl (C=O) groups excluding carboxylic acids is 2. The van der Waals surface area contributed by atoms with Gasteiger partial charge in [0.1, 0.15) is 6.17 Å². The Hall–Kier alpha value is -1.69. The molecule has 0 aromatic rings. The third-order valence-corrected chi connectivity index (χ3v) is 4.78. The third-order valence-electron chi connectivity index (χ3n) is 4.30. The topological polar surface area (TPSA) is 85.6 Å². The largest absolute Gasteiger partial charge is 0.335 e. The molecule has 23 heavy (non-hydrogen) atoms. The lowest BCUT2D eigenvalue weighted by molar-refractivity contribution is -0.127. The van der Waals surface area contributed by atoms with Crippen LogP contribution >= 0.6 is 11.6 Å². The van der Waals surface area contributed by atoms with Gasteiger partial charge in [-0.3, -0.25) is 9.59 Å². The summed E-state index contributed by atoms with van der Waals surface area (Å²) in [4.78, 5) is 26.5. The molecule has 2 N–H and O–H groups in total. The lowest BCUT2D eigenvalue weighted by Crippen LogP contribution is -2.37. The molecule has 0 saturated heterocycles. The van der Waals surface area contributed by atoms with Gasteiger partial charge in [0.05, 0.1) is 16.6 Å². The Morgan fingerprint density at radius 1 is 1.48 bits per heavy atom. The molecular formula is C16H25ClN4O2. The molecule has 0 radical (unpaired) electrons. The van der Waals surface area contributed by atoms with Gasteiger partial charge in [-0.15, -0.1) is 0 Å². The molecule has 7 heteroatoms. The number of nitrogens with one attached hydrogen (secondary N) is 2. The predicted molar refractivity (Wildman–Crippen MR) is 90.1 cm³/mol. The van der Waals surface area contributed by atoms with Crippen LogP contribution in [0.5, 0.6) is 0 Å². The average Bonchev–Trinajstić information content (AvgIpc) is 2.59. The molecule has 0 spiro atoms. The lowest BCUT2D eigenvalue weighted by Gasteiger charge is -2.24. The first-order valence-electron chi connectivity index (χ1n) is 7.78. The SMILES string of the molecule is CCCCC(N=N)NC(=O)C1=C(C)C(C)N(C)C(=O)C(C)=C1Cl. The van der Waals surface area contributed by atoms with Crippen LogP contribution in [0.25, 0.3) is 0 Å². The molecule has 0 aliphatic carbocycles. The molecule has 2 atom stereocenters. The number of rotatable bonds is 6. The first-order chi connectivity index (χ1) is 10.8. The quantitative estimate of drug-likeness (QED) is 0.726. The minimum atomic E-state index is -0.570. The van der Waals surface area contributed by atoms with Crippen molar-refractivity contribution in [2.24, 2.45) is 5.11 Å². The van der Waals surface area contributed by atoms with E-state index in [9.17, 15) is 9.59 Å². The van der Waals surface area contributed by atoms with Gasteiger partial charge < -0.3 is 10.2 Å². The standard InChI is InChI=1S/C16H25ClN4O2/c1-6-7-8-12(20-18)19-15(22)13-9(2)11(4)21(5)16(23)10(3)14(13)17/h11-12,18H,6-8H2,1-5H3,(H,19,22). The van der Waals surface area contributed by atoms with Crippen molar-refractivity contribution in [3.8, 4) is 0 Å². The van der Waals surface area contributed by atoms with E-state index >= 15 is 0 Å². The Bertz CT molecular complexity index is 568. The Balaban J connectivity index is 3.17. The van der Waals surface area contributed by atoms with Gasteiger partial charge in [0, 0.05) is 12.6 Å². The van der Waals surface area contributed by atoms with Crippen LogP contribution in [-0.2, 0) is 9.59 Å². The molecule has 1 rings (SSSR count). The second-order valence-electron chi connectivity index (χ2n) is 5.85. The molecule has 0 saturated carbocycles. The van der Waals surface area contributed by atoms with Crippen LogP contribution in [-0.4, -0.2) is 36.0 Å². The van der Waals surface area contributed by atoms with Crippen molar-refractivity contribution in [3.05, 3.63) is 21.8 Å². The minimum absolute atomic E-state index is 0.167. The number of hydrogen-bond acceptors (Lipinski definition) is 4. The average molecular weight is 341 g/mol. The van der Waals surface area contributed by atoms with Crippen LogP contribution in [0.15, 0.2) is 26.9 Å². The van der Waals surface area contributed by atoms with Crippen LogP contribution in [0.2, 0.25) is 0 Å². The second-order valence-corrected chi connectivity index (χ2v) is 6.23. The van der Waals surface area contributed by atoms with E-state index in [0.29, 0.717) is 17.6 Å². The highest BCUT2D eigenvalue weighted by molar-refractivity contribution is 6.37. The number of carbonyl (C=O) groups is 2. The number of halogens is 1. The van der Waals surface area contributed by atoms with Gasteiger partial charge >= 0.3 is 0 Å². The van der Waals surface area contributed by atoms with Crippen LogP contribution in [0.4, 0.5) is 0 Å². The van der Waals surface area contributed by atoms with Crippen molar-refractivity contribution in [2.45, 2.75) is 59.2 Å². The van der Waals surface area contributed by atoms with Gasteiger partial charge in [-0.2, -0.15) is 5.11 Å². The second kappa shape index (κ2) is 8.24. The molecule has 2 amide bonds. The highest BCUT2D eigenvalue weighted by atomic mass is 35.5. The molecular weight excluding hydrogens is 316 g/mol. The molecule has 1 aliphatic heterocycles. The molecule has 0 bridgehead atoms. The summed E-state index contributed by atoms with van der Waals surface area (Å²) in [5, 5.41) is 6.36. The van der Waals surface area contributed by atoms with Crippen LogP contribution in [0.1, 0.15) is 47.0 Å². The van der Waals surface area contributed by atoms with E-state index in [4.69, 9.17) is 17.1 Å². The summed E-state index contributed by atoms with van der Waals surface area (Å²) in [5.74, 6) is -0.587. The van der Waals surface area contributed by atoms with E-state index in [2.05, 4.69) is 10.4 Å². The summed E-state index contributed by atoms with van der Waals surface area (Å²) in [5.41, 5.74) is 8.59. The fraction of sp³-hybridized carbons (Fsp3) is 0.625. The minimum Gasteiger partial charge on any atom is -0.335 e. The number of unbranched alkanes of at least 4 members (excludes halogenated alkanes) is 1. The zero-order chi connectivity index (χ0) is 17.7. The highest BCUT2D eigenvalue weighted by Crippen LogP contribution is 2.30. The van der Waals surface area contributed by atoms with Crippen molar-refractivity contribution in [2.75, 3.05) is 7.05 Å². The smallest absolute Gasteiger partial charge is 0.254 e. The number of nitrogens with zero attached hydrogens (tertiary/aromatic N) is 2. The highest BCUT2D eigenvalue weighted by Gasteiger charge is 2.31. The van der Waals surface area contributed by atoms with E-state index in [1.165, 1.54) is 0 Å². The van der Waals surface area contributed by atoms with E-state index < -0.39 is 6.17 Å². The normalized spacial score (nSPS) is 20.5. The van der Waals surface area contributed by atoms with Gasteiger partial charge in [0.2, 0.25) is 0 Å². The maximum Gasteiger partial charge on any atom is 0.254 e. The van der Waals surface area contributed by atoms with E-state index in [1.54, 1.807) is 25.8 Å². The van der Waals surface area contributed by atoms with Crippen molar-refractivity contribution in [1.82, 2.24) is 10.2 Å². The van der Waals surface area contributed by atoms with Gasteiger partial charge in [-0.1, -0.05) is 24.9 Å². The van der Waals surface area contributed by atoms with Crippen molar-refractivity contribution in [1.29, 1.82) is 5.53 Å². The Morgan fingerprint density at radius 2 is 2.09 bits per heavy atom. The molecule has 128 valence electrons. The zero-order valence-corrected chi connectivity index (χ0v) is 15.1. The first-order valence-corrected chi connectivity index (χ1v) is 8.16. The zero-order valence-electron chi connectivity index (χ0n) is 14.4. The summed E-state index contributed by atoms with van der Waals surface area (Å²) < 4.78 is 0. The van der Waals surface area contributed by atoms with Crippen LogP contribution < -0.4 is 5.32 Å². The fourth-order valence-electron chi connectivity index (χ4n) is 2.46. The van der Waals surface area contributed by atoms with E-state index in [-0.39, 0.29) is 22.9 Å². The summed E-state index contributed by atoms with van der Waals surface area (Å²) in [7, 11) is 1.69. The molecule has 1 aliphatic rings. The molecule has 6 nitrogen and oxygen atoms in total. The third kappa shape index (κ3) is 4.19. The van der Waals surface area contributed by atoms with Gasteiger partial charge in [-0.25, -0.2) is 5.53 Å². The monoisotopic (exact) mass is 340 g/mol. The molecule has 0 aromatic carbocycles. The molecule has 1 heterocycles. The maximum atomic E-state index is 12.6. The first kappa shape index (κ1) is 19.4. The number of likely N-dealkylation sites (N-methyl/N-ethyl adjacent to an activating group) is 1. The summed E-state index contributed by atoms with van der Waals surface area (Å²) in [6, 6.07) is -0.239. The number of hydrogen-bond donors (Lipinski definition) is 2. The molecule has 0 aromatic heterocycles. The molecule has 0 fully saturated rings. The van der Waals surface area contributed by atoms with E-state index in [0.717, 1.165) is 18.4 Å². The lowest BCUT2D eigenvalue weighted by atomic mass is 10.0. The van der Waals surface area contributed by atoms with E-state index in [1.807, 2.05) is 13.8 Å². The Morgan fingerprint density at radius 3 is 2.61 bits per heavy atom. The van der Waals surface area contributed by atoms with Gasteiger partial charge in [0.25, 0.3) is 11.8 Å². The summed E-state index contributed by atoms with van der Waals surface area (Å²) >= 11 is 6.32. The van der Waals surface area contributed by atoms with Crippen molar-refractivity contribution >= 4 is 23.4 Å². The van der Waals surface area contributed by atoms with Gasteiger partial charge in [0.15, 0.2) is 0 Å². The van der Waals surface area contributed by atoms with Gasteiger partial charge in [-0.05, 0) is 39.2 Å². The van der Waals surface area contributed by atoms with Crippen LogP contribution in [0, 0.1) is 5.53 Å². The fourth-order valence-corrected chi connectivity index (χ4v) is 2.78. The number of amides is 2. The van der Waals surface area contributed by atoms with Crippen LogP contribution in [0.3, 0.4) is 0 Å². The maximum absolute atomic E-state index is 12.6. The Kier molecular flexibility index (Phi) is 6.94. The Labute approximate surface area is 142 Å². The molecule has 2 unspecified atom stereocenters. The predicted octanol–water partition coefficient (Wildman–Crippen LogP) is 3.34.